The molecule has 0 saturated carbocycles. The summed E-state index contributed by atoms with van der Waals surface area (Å²) < 4.78 is 4.81. The van der Waals surface area contributed by atoms with Gasteiger partial charge in [-0.25, -0.2) is 0 Å². The normalized spacial score (nSPS) is 9.75. The van der Waals surface area contributed by atoms with Gasteiger partial charge in [0.15, 0.2) is 0 Å². The van der Waals surface area contributed by atoms with Crippen molar-refractivity contribution in [1.29, 1.82) is 0 Å². The Hall–Kier alpha value is -0.0800. The highest BCUT2D eigenvalue weighted by Crippen LogP contribution is 1.75. The fourth-order valence-corrected chi connectivity index (χ4v) is 0.407. The van der Waals surface area contributed by atoms with Gasteiger partial charge < -0.3 is 10.1 Å². The van der Waals surface area contributed by atoms with Crippen molar-refractivity contribution in [3.8, 4) is 0 Å². The van der Waals surface area contributed by atoms with E-state index in [1.807, 2.05) is 6.54 Å². The predicted octanol–water partition coefficient (Wildman–Crippen LogP) is 0.794. The molecular formula is C6H14NO. The molecule has 0 amide bonds. The van der Waals surface area contributed by atoms with Crippen LogP contribution in [0.25, 0.3) is 0 Å². The molecule has 2 heteroatoms. The van der Waals surface area contributed by atoms with Crippen LogP contribution >= 0.6 is 0 Å². The second kappa shape index (κ2) is 6.92. The molecule has 0 aliphatic heterocycles. The highest BCUT2D eigenvalue weighted by molar-refractivity contribution is 4.56. The van der Waals surface area contributed by atoms with Crippen LogP contribution in [0.4, 0.5) is 0 Å². The van der Waals surface area contributed by atoms with Gasteiger partial charge in [0.1, 0.15) is 0 Å². The highest BCUT2D eigenvalue weighted by Gasteiger charge is 1.80. The van der Waals surface area contributed by atoms with Crippen molar-refractivity contribution in [2.45, 2.75) is 13.3 Å². The van der Waals surface area contributed by atoms with E-state index in [9.17, 15) is 0 Å². The van der Waals surface area contributed by atoms with Gasteiger partial charge in [0.2, 0.25) is 0 Å². The molecule has 0 aromatic rings. The largest absolute Gasteiger partial charge is 0.383 e. The minimum atomic E-state index is 0.788. The quantitative estimate of drug-likeness (QED) is 0.536. The molecule has 0 bridgehead atoms. The van der Waals surface area contributed by atoms with Gasteiger partial charge in [0.25, 0.3) is 0 Å². The average molecular weight is 116 g/mol. The third-order valence-corrected chi connectivity index (χ3v) is 0.799. The topological polar surface area (TPSA) is 21.3 Å². The lowest BCUT2D eigenvalue weighted by atomic mass is 10.5. The van der Waals surface area contributed by atoms with E-state index in [2.05, 4.69) is 12.2 Å². The molecule has 0 spiro atoms. The molecule has 0 unspecified atom stereocenters. The Morgan fingerprint density at radius 2 is 2.38 bits per heavy atom. The van der Waals surface area contributed by atoms with Crippen LogP contribution < -0.4 is 5.32 Å². The van der Waals surface area contributed by atoms with E-state index in [4.69, 9.17) is 4.74 Å². The summed E-state index contributed by atoms with van der Waals surface area (Å²) >= 11 is 0. The van der Waals surface area contributed by atoms with Crippen molar-refractivity contribution >= 4 is 0 Å². The minimum Gasteiger partial charge on any atom is -0.383 e. The first-order valence-corrected chi connectivity index (χ1v) is 2.95. The maximum Gasteiger partial charge on any atom is 0.0587 e. The fourth-order valence-electron chi connectivity index (χ4n) is 0.407. The van der Waals surface area contributed by atoms with Gasteiger partial charge in [0.05, 0.1) is 6.61 Å². The molecule has 8 heavy (non-hydrogen) atoms. The number of hydrogen-bond donors (Lipinski definition) is 1. The lowest BCUT2D eigenvalue weighted by Crippen LogP contribution is -2.15. The van der Waals surface area contributed by atoms with E-state index in [0.717, 1.165) is 19.6 Å². The van der Waals surface area contributed by atoms with Crippen molar-refractivity contribution < 1.29 is 4.74 Å². The van der Waals surface area contributed by atoms with Gasteiger partial charge in [0, 0.05) is 20.2 Å². The summed E-state index contributed by atoms with van der Waals surface area (Å²) in [5, 5.41) is 3.09. The lowest BCUT2D eigenvalue weighted by molar-refractivity contribution is 0.201. The summed E-state index contributed by atoms with van der Waals surface area (Å²) in [5.74, 6) is 0. The summed E-state index contributed by atoms with van der Waals surface area (Å²) in [4.78, 5) is 0. The van der Waals surface area contributed by atoms with Crippen molar-refractivity contribution in [2.24, 2.45) is 0 Å². The Morgan fingerprint density at radius 1 is 1.62 bits per heavy atom. The Morgan fingerprint density at radius 3 is 2.88 bits per heavy atom. The fraction of sp³-hybridized carbons (Fsp3) is 0.833. The summed E-state index contributed by atoms with van der Waals surface area (Å²) in [6.45, 7) is 5.83. The van der Waals surface area contributed by atoms with Crippen LogP contribution in [0.1, 0.15) is 13.3 Å². The first-order chi connectivity index (χ1) is 3.91. The van der Waals surface area contributed by atoms with Crippen LogP contribution in [-0.4, -0.2) is 20.3 Å². The van der Waals surface area contributed by atoms with Crippen molar-refractivity contribution in [3.05, 3.63) is 6.54 Å². The third-order valence-electron chi connectivity index (χ3n) is 0.799. The van der Waals surface area contributed by atoms with Crippen molar-refractivity contribution in [2.75, 3.05) is 20.3 Å². The zero-order valence-electron chi connectivity index (χ0n) is 5.61. The monoisotopic (exact) mass is 116 g/mol. The smallest absolute Gasteiger partial charge is 0.0587 e. The summed E-state index contributed by atoms with van der Waals surface area (Å²) in [6, 6.07) is 0. The van der Waals surface area contributed by atoms with Gasteiger partial charge in [-0.15, -0.1) is 0 Å². The second-order valence-corrected chi connectivity index (χ2v) is 1.56. The first-order valence-electron chi connectivity index (χ1n) is 2.95. The van der Waals surface area contributed by atoms with Gasteiger partial charge in [-0.1, -0.05) is 6.92 Å². The highest BCUT2D eigenvalue weighted by atomic mass is 16.5. The standard InChI is InChI=1S/C6H14NO/c1-3-4-7-5-6-8-2/h4,7H,3,5-6H2,1-2H3. The van der Waals surface area contributed by atoms with E-state index in [0.29, 0.717) is 0 Å². The molecule has 0 rings (SSSR count). The molecule has 49 valence electrons. The van der Waals surface area contributed by atoms with Gasteiger partial charge >= 0.3 is 0 Å². The molecule has 0 fully saturated rings. The molecule has 0 aliphatic rings. The maximum atomic E-state index is 4.81. The van der Waals surface area contributed by atoms with E-state index in [-0.39, 0.29) is 0 Å². The Labute approximate surface area is 51.2 Å². The number of rotatable bonds is 5. The number of methoxy groups -OCH3 is 1. The SMILES string of the molecule is CC[CH]NCCOC. The zero-order chi connectivity index (χ0) is 6.24. The molecule has 0 aromatic carbocycles. The molecule has 0 atom stereocenters. The molecule has 0 heterocycles. The minimum absolute atomic E-state index is 0.788. The summed E-state index contributed by atoms with van der Waals surface area (Å²) in [7, 11) is 1.70. The molecular weight excluding hydrogens is 102 g/mol. The van der Waals surface area contributed by atoms with Crippen LogP contribution in [0.15, 0.2) is 0 Å². The van der Waals surface area contributed by atoms with E-state index in [1.54, 1.807) is 7.11 Å². The molecule has 1 radical (unpaired) electrons. The predicted molar refractivity (Wildman–Crippen MR) is 34.5 cm³/mol. The Bertz CT molecular complexity index is 33.5. The number of ether oxygens (including phenoxy) is 1. The van der Waals surface area contributed by atoms with Gasteiger partial charge in [-0.05, 0) is 6.42 Å². The van der Waals surface area contributed by atoms with Crippen LogP contribution in [0.2, 0.25) is 0 Å². The number of nitrogens with one attached hydrogen (secondary N) is 1. The zero-order valence-corrected chi connectivity index (χ0v) is 5.61. The second-order valence-electron chi connectivity index (χ2n) is 1.56. The van der Waals surface area contributed by atoms with Crippen LogP contribution in [-0.2, 0) is 4.74 Å². The molecule has 1 N–H and O–H groups in total. The van der Waals surface area contributed by atoms with Crippen molar-refractivity contribution in [3.63, 3.8) is 0 Å². The lowest BCUT2D eigenvalue weighted by Gasteiger charge is -1.98. The van der Waals surface area contributed by atoms with Crippen LogP contribution in [0.5, 0.6) is 0 Å². The Balaban J connectivity index is 2.53. The molecule has 0 aromatic heterocycles. The van der Waals surface area contributed by atoms with Gasteiger partial charge in [-0.3, -0.25) is 0 Å². The van der Waals surface area contributed by atoms with E-state index >= 15 is 0 Å². The van der Waals surface area contributed by atoms with Crippen LogP contribution in [0, 0.1) is 6.54 Å². The summed E-state index contributed by atoms with van der Waals surface area (Å²) in [6.07, 6.45) is 1.07. The average Bonchev–Trinajstić information content (AvgIpc) is 1.81. The van der Waals surface area contributed by atoms with Crippen molar-refractivity contribution in [1.82, 2.24) is 5.32 Å². The maximum absolute atomic E-state index is 4.81. The molecule has 0 saturated heterocycles. The Kier molecular flexibility index (Phi) is 6.85. The molecule has 0 aliphatic carbocycles. The molecule has 2 nitrogen and oxygen atoms in total. The number of hydrogen-bond acceptors (Lipinski definition) is 2. The third kappa shape index (κ3) is 5.92. The summed E-state index contributed by atoms with van der Waals surface area (Å²) in [5.41, 5.74) is 0. The van der Waals surface area contributed by atoms with E-state index in [1.165, 1.54) is 0 Å². The first kappa shape index (κ1) is 7.92. The van der Waals surface area contributed by atoms with Gasteiger partial charge in [-0.2, -0.15) is 0 Å². The van der Waals surface area contributed by atoms with E-state index < -0.39 is 0 Å². The van der Waals surface area contributed by atoms with Crippen LogP contribution in [0.3, 0.4) is 0 Å².